The highest BCUT2D eigenvalue weighted by molar-refractivity contribution is 5.87. The predicted octanol–water partition coefficient (Wildman–Crippen LogP) is 3.06. The van der Waals surface area contributed by atoms with Crippen LogP contribution in [0, 0.1) is 13.8 Å². The lowest BCUT2D eigenvalue weighted by atomic mass is 10.1. The molecule has 0 atom stereocenters. The van der Waals surface area contributed by atoms with E-state index in [0.717, 1.165) is 16.9 Å². The fraction of sp³-hybridized carbons (Fsp3) is 0.133. The van der Waals surface area contributed by atoms with Crippen LogP contribution in [0.4, 0.5) is 17.1 Å². The molecule has 0 aliphatic rings. The molecular weight excluding hydrogens is 254 g/mol. The molecule has 1 heterocycles. The SMILES string of the molecule is Cc1ccc(Nc2cc3[nH]c(=O)oc3cc2N)c(C)c1. The van der Waals surface area contributed by atoms with E-state index >= 15 is 0 Å². The number of oxazole rings is 1. The average Bonchev–Trinajstić information content (AvgIpc) is 2.72. The van der Waals surface area contributed by atoms with Gasteiger partial charge in [-0.1, -0.05) is 17.7 Å². The number of hydrogen-bond acceptors (Lipinski definition) is 4. The number of nitrogens with one attached hydrogen (secondary N) is 2. The third kappa shape index (κ3) is 2.14. The zero-order valence-electron chi connectivity index (χ0n) is 11.3. The Morgan fingerprint density at radius 2 is 1.95 bits per heavy atom. The number of rotatable bonds is 2. The molecule has 0 unspecified atom stereocenters. The monoisotopic (exact) mass is 269 g/mol. The van der Waals surface area contributed by atoms with Crippen molar-refractivity contribution in [2.45, 2.75) is 13.8 Å². The van der Waals surface area contributed by atoms with Gasteiger partial charge < -0.3 is 15.5 Å². The number of H-pyrrole nitrogens is 1. The van der Waals surface area contributed by atoms with Crippen molar-refractivity contribution >= 4 is 28.2 Å². The van der Waals surface area contributed by atoms with Crippen LogP contribution in [0.2, 0.25) is 0 Å². The zero-order valence-corrected chi connectivity index (χ0v) is 11.3. The molecule has 0 fully saturated rings. The summed E-state index contributed by atoms with van der Waals surface area (Å²) in [7, 11) is 0. The molecule has 5 heteroatoms. The highest BCUT2D eigenvalue weighted by atomic mass is 16.4. The molecule has 2 aromatic carbocycles. The lowest BCUT2D eigenvalue weighted by Gasteiger charge is -2.12. The molecule has 3 rings (SSSR count). The first kappa shape index (κ1) is 12.3. The van der Waals surface area contributed by atoms with Gasteiger partial charge in [-0.15, -0.1) is 0 Å². The van der Waals surface area contributed by atoms with E-state index < -0.39 is 5.76 Å². The van der Waals surface area contributed by atoms with Crippen molar-refractivity contribution in [3.63, 3.8) is 0 Å². The summed E-state index contributed by atoms with van der Waals surface area (Å²) in [6.45, 7) is 4.08. The summed E-state index contributed by atoms with van der Waals surface area (Å²) in [5.74, 6) is -0.483. The van der Waals surface area contributed by atoms with Crippen LogP contribution in [-0.2, 0) is 0 Å². The first-order valence-corrected chi connectivity index (χ1v) is 6.29. The van der Waals surface area contributed by atoms with Crippen LogP contribution in [0.5, 0.6) is 0 Å². The van der Waals surface area contributed by atoms with Gasteiger partial charge in [-0.05, 0) is 31.5 Å². The number of benzene rings is 2. The quantitative estimate of drug-likeness (QED) is 0.624. The van der Waals surface area contributed by atoms with Crippen molar-refractivity contribution < 1.29 is 4.42 Å². The van der Waals surface area contributed by atoms with Crippen molar-refractivity contribution in [3.05, 3.63) is 52.0 Å². The maximum absolute atomic E-state index is 11.2. The molecule has 20 heavy (non-hydrogen) atoms. The van der Waals surface area contributed by atoms with Crippen LogP contribution in [-0.4, -0.2) is 4.98 Å². The molecule has 3 aromatic rings. The second-order valence-corrected chi connectivity index (χ2v) is 4.89. The third-order valence-corrected chi connectivity index (χ3v) is 3.24. The smallest absolute Gasteiger partial charge is 0.408 e. The van der Waals surface area contributed by atoms with Crippen molar-refractivity contribution in [3.8, 4) is 0 Å². The van der Waals surface area contributed by atoms with Gasteiger partial charge in [0.1, 0.15) is 0 Å². The second-order valence-electron chi connectivity index (χ2n) is 4.89. The van der Waals surface area contributed by atoms with Crippen molar-refractivity contribution in [1.29, 1.82) is 0 Å². The van der Waals surface area contributed by atoms with Crippen LogP contribution in [0.1, 0.15) is 11.1 Å². The van der Waals surface area contributed by atoms with Crippen LogP contribution < -0.4 is 16.8 Å². The molecule has 0 saturated carbocycles. The van der Waals surface area contributed by atoms with E-state index in [4.69, 9.17) is 10.2 Å². The van der Waals surface area contributed by atoms with Gasteiger partial charge in [-0.2, -0.15) is 0 Å². The minimum atomic E-state index is -0.483. The summed E-state index contributed by atoms with van der Waals surface area (Å²) in [6, 6.07) is 9.54. The summed E-state index contributed by atoms with van der Waals surface area (Å²) in [5, 5.41) is 3.28. The maximum Gasteiger partial charge on any atom is 0.417 e. The molecule has 0 radical (unpaired) electrons. The molecule has 0 aliphatic carbocycles. The highest BCUT2D eigenvalue weighted by Crippen LogP contribution is 2.29. The lowest BCUT2D eigenvalue weighted by molar-refractivity contribution is 0.555. The topological polar surface area (TPSA) is 84.0 Å². The Hall–Kier alpha value is -2.69. The van der Waals surface area contributed by atoms with Gasteiger partial charge in [0.05, 0.1) is 16.9 Å². The summed E-state index contributed by atoms with van der Waals surface area (Å²) >= 11 is 0. The Morgan fingerprint density at radius 1 is 1.15 bits per heavy atom. The van der Waals surface area contributed by atoms with E-state index in [2.05, 4.69) is 16.4 Å². The second kappa shape index (κ2) is 4.45. The van der Waals surface area contributed by atoms with E-state index in [9.17, 15) is 4.79 Å². The number of hydrogen-bond donors (Lipinski definition) is 3. The zero-order chi connectivity index (χ0) is 14.3. The Bertz CT molecular complexity index is 846. The number of aromatic amines is 1. The fourth-order valence-corrected chi connectivity index (χ4v) is 2.22. The fourth-order valence-electron chi connectivity index (χ4n) is 2.22. The van der Waals surface area contributed by atoms with Crippen molar-refractivity contribution in [1.82, 2.24) is 4.98 Å². The molecule has 0 aliphatic heterocycles. The Labute approximate surface area is 115 Å². The predicted molar refractivity (Wildman–Crippen MR) is 80.4 cm³/mol. The standard InChI is InChI=1S/C15H15N3O2/c1-8-3-4-11(9(2)5-8)17-12-7-13-14(6-10(12)16)20-15(19)18-13/h3-7,17H,16H2,1-2H3,(H,18,19). The molecule has 4 N–H and O–H groups in total. The van der Waals surface area contributed by atoms with Crippen molar-refractivity contribution in [2.75, 3.05) is 11.1 Å². The van der Waals surface area contributed by atoms with Crippen LogP contribution in [0.3, 0.4) is 0 Å². The molecule has 1 aromatic heterocycles. The summed E-state index contributed by atoms with van der Waals surface area (Å²) in [6.07, 6.45) is 0. The van der Waals surface area contributed by atoms with Gasteiger partial charge in [0, 0.05) is 11.8 Å². The molecule has 0 spiro atoms. The number of anilines is 3. The molecule has 5 nitrogen and oxygen atoms in total. The highest BCUT2D eigenvalue weighted by Gasteiger charge is 2.08. The number of aromatic nitrogens is 1. The van der Waals surface area contributed by atoms with E-state index in [1.54, 1.807) is 12.1 Å². The molecule has 0 bridgehead atoms. The molecular formula is C15H15N3O2. The third-order valence-electron chi connectivity index (χ3n) is 3.24. The van der Waals surface area contributed by atoms with Gasteiger partial charge in [-0.3, -0.25) is 4.98 Å². The van der Waals surface area contributed by atoms with Gasteiger partial charge >= 0.3 is 5.76 Å². The molecule has 102 valence electrons. The largest absolute Gasteiger partial charge is 0.417 e. The number of fused-ring (bicyclic) bond motifs is 1. The minimum Gasteiger partial charge on any atom is -0.408 e. The van der Waals surface area contributed by atoms with Crippen molar-refractivity contribution in [2.24, 2.45) is 0 Å². The Morgan fingerprint density at radius 3 is 2.70 bits per heavy atom. The summed E-state index contributed by atoms with van der Waals surface area (Å²) in [5.41, 5.74) is 11.6. The van der Waals surface area contributed by atoms with Gasteiger partial charge in [0.2, 0.25) is 0 Å². The number of aryl methyl sites for hydroxylation is 2. The summed E-state index contributed by atoms with van der Waals surface area (Å²) < 4.78 is 4.97. The van der Waals surface area contributed by atoms with Gasteiger partial charge in [-0.25, -0.2) is 4.79 Å². The first-order valence-electron chi connectivity index (χ1n) is 6.29. The lowest BCUT2D eigenvalue weighted by Crippen LogP contribution is -1.98. The Kier molecular flexibility index (Phi) is 2.75. The van der Waals surface area contributed by atoms with E-state index in [1.807, 2.05) is 26.0 Å². The average molecular weight is 269 g/mol. The van der Waals surface area contributed by atoms with Crippen LogP contribution in [0.15, 0.2) is 39.5 Å². The first-order chi connectivity index (χ1) is 9.52. The summed E-state index contributed by atoms with van der Waals surface area (Å²) in [4.78, 5) is 13.8. The number of nitrogens with two attached hydrogens (primary N) is 1. The number of nitrogen functional groups attached to an aromatic ring is 1. The minimum absolute atomic E-state index is 0.457. The van der Waals surface area contributed by atoms with E-state index in [1.165, 1.54) is 5.56 Å². The van der Waals surface area contributed by atoms with Crippen LogP contribution >= 0.6 is 0 Å². The van der Waals surface area contributed by atoms with Gasteiger partial charge in [0.25, 0.3) is 0 Å². The van der Waals surface area contributed by atoms with Crippen LogP contribution in [0.25, 0.3) is 11.1 Å². The van der Waals surface area contributed by atoms with Gasteiger partial charge in [0.15, 0.2) is 5.58 Å². The normalized spacial score (nSPS) is 10.9. The van der Waals surface area contributed by atoms with E-state index in [-0.39, 0.29) is 0 Å². The molecule has 0 amide bonds. The van der Waals surface area contributed by atoms with E-state index in [0.29, 0.717) is 16.8 Å². The Balaban J connectivity index is 2.05. The molecule has 0 saturated heterocycles. The maximum atomic E-state index is 11.2.